The van der Waals surface area contributed by atoms with Gasteiger partial charge < -0.3 is 15.8 Å². The Balaban J connectivity index is 2.37. The molecular weight excluding hydrogens is 322 g/mol. The van der Waals surface area contributed by atoms with Gasteiger partial charge in [0.15, 0.2) is 11.5 Å². The van der Waals surface area contributed by atoms with E-state index in [4.69, 9.17) is 5.73 Å². The van der Waals surface area contributed by atoms with Crippen molar-refractivity contribution in [3.8, 4) is 0 Å². The summed E-state index contributed by atoms with van der Waals surface area (Å²) < 4.78 is 5.58. The molecule has 20 heavy (non-hydrogen) atoms. The second kappa shape index (κ2) is 5.92. The first-order chi connectivity index (χ1) is 9.51. The van der Waals surface area contributed by atoms with Gasteiger partial charge in [0.05, 0.1) is 12.8 Å². The minimum atomic E-state index is -0.501. The van der Waals surface area contributed by atoms with Gasteiger partial charge in [-0.05, 0) is 36.8 Å². The smallest absolute Gasteiger partial charge is 0.356 e. The van der Waals surface area contributed by atoms with Crippen molar-refractivity contribution < 1.29 is 9.53 Å². The zero-order chi connectivity index (χ0) is 14.7. The van der Waals surface area contributed by atoms with Crippen LogP contribution in [-0.2, 0) is 4.74 Å². The first-order valence-corrected chi connectivity index (χ1v) is 6.68. The lowest BCUT2D eigenvalue weighted by Gasteiger charge is -2.12. The number of rotatable bonds is 3. The van der Waals surface area contributed by atoms with Crippen LogP contribution in [0.15, 0.2) is 34.8 Å². The first kappa shape index (κ1) is 14.3. The Morgan fingerprint density at radius 2 is 2.10 bits per heavy atom. The van der Waals surface area contributed by atoms with Crippen LogP contribution in [0.5, 0.6) is 0 Å². The fraction of sp³-hybridized carbons (Fsp3) is 0.143. The molecule has 0 atom stereocenters. The minimum absolute atomic E-state index is 0.205. The standard InChI is InChI=1S/C14H14BrN3O2/c1-8-3-4-9(15)7-12(8)18-13-10(16)5-6-11(17-13)14(19)20-2/h3-7H,16H2,1-2H3,(H,17,18). The predicted octanol–water partition coefficient (Wildman–Crippen LogP) is 3.26. The lowest BCUT2D eigenvalue weighted by molar-refractivity contribution is 0.0594. The Morgan fingerprint density at radius 3 is 2.80 bits per heavy atom. The van der Waals surface area contributed by atoms with E-state index in [1.165, 1.54) is 13.2 Å². The monoisotopic (exact) mass is 335 g/mol. The third kappa shape index (κ3) is 3.08. The molecule has 0 saturated heterocycles. The van der Waals surface area contributed by atoms with Gasteiger partial charge in [-0.3, -0.25) is 0 Å². The van der Waals surface area contributed by atoms with Crippen LogP contribution in [0.3, 0.4) is 0 Å². The Hall–Kier alpha value is -2.08. The molecule has 1 aromatic heterocycles. The number of nitrogens with one attached hydrogen (secondary N) is 1. The van der Waals surface area contributed by atoms with Crippen molar-refractivity contribution in [1.82, 2.24) is 4.98 Å². The molecule has 0 amide bonds. The number of pyridine rings is 1. The fourth-order valence-electron chi connectivity index (χ4n) is 1.64. The molecule has 5 nitrogen and oxygen atoms in total. The van der Waals surface area contributed by atoms with Gasteiger partial charge in [-0.25, -0.2) is 9.78 Å². The molecular formula is C14H14BrN3O2. The molecule has 0 spiro atoms. The summed E-state index contributed by atoms with van der Waals surface area (Å²) in [4.78, 5) is 15.7. The van der Waals surface area contributed by atoms with E-state index in [1.807, 2.05) is 25.1 Å². The van der Waals surface area contributed by atoms with Crippen LogP contribution in [0.4, 0.5) is 17.2 Å². The van der Waals surface area contributed by atoms with Gasteiger partial charge in [-0.1, -0.05) is 22.0 Å². The van der Waals surface area contributed by atoms with E-state index in [2.05, 4.69) is 31.0 Å². The molecule has 0 bridgehead atoms. The summed E-state index contributed by atoms with van der Waals surface area (Å²) in [5.74, 6) is -0.0758. The van der Waals surface area contributed by atoms with Crippen LogP contribution in [0, 0.1) is 6.92 Å². The molecule has 2 aromatic rings. The summed E-state index contributed by atoms with van der Waals surface area (Å²) in [7, 11) is 1.31. The van der Waals surface area contributed by atoms with Gasteiger partial charge in [0, 0.05) is 10.2 Å². The van der Waals surface area contributed by atoms with E-state index >= 15 is 0 Å². The van der Waals surface area contributed by atoms with Crippen molar-refractivity contribution >= 4 is 39.1 Å². The maximum Gasteiger partial charge on any atom is 0.356 e. The Labute approximate surface area is 125 Å². The van der Waals surface area contributed by atoms with Crippen LogP contribution in [0.1, 0.15) is 16.1 Å². The fourth-order valence-corrected chi connectivity index (χ4v) is 2.01. The molecule has 0 aliphatic heterocycles. The predicted molar refractivity (Wildman–Crippen MR) is 82.2 cm³/mol. The molecule has 3 N–H and O–H groups in total. The quantitative estimate of drug-likeness (QED) is 0.842. The second-order valence-corrected chi connectivity index (χ2v) is 5.13. The van der Waals surface area contributed by atoms with Crippen LogP contribution < -0.4 is 11.1 Å². The first-order valence-electron chi connectivity index (χ1n) is 5.89. The number of aryl methyl sites for hydroxylation is 1. The average Bonchev–Trinajstić information content (AvgIpc) is 2.44. The van der Waals surface area contributed by atoms with Gasteiger partial charge in [0.2, 0.25) is 0 Å². The van der Waals surface area contributed by atoms with E-state index in [0.29, 0.717) is 11.5 Å². The molecule has 1 heterocycles. The van der Waals surface area contributed by atoms with Gasteiger partial charge >= 0.3 is 5.97 Å². The van der Waals surface area contributed by atoms with Gasteiger partial charge in [-0.2, -0.15) is 0 Å². The number of carbonyl (C=O) groups excluding carboxylic acids is 1. The summed E-state index contributed by atoms with van der Waals surface area (Å²) in [5, 5.41) is 3.13. The zero-order valence-corrected chi connectivity index (χ0v) is 12.7. The Bertz CT molecular complexity index is 659. The zero-order valence-electron chi connectivity index (χ0n) is 11.1. The summed E-state index contributed by atoms with van der Waals surface area (Å²) in [5.41, 5.74) is 8.44. The molecule has 1 aromatic carbocycles. The number of anilines is 3. The molecule has 0 saturated carbocycles. The third-order valence-electron chi connectivity index (χ3n) is 2.77. The third-order valence-corrected chi connectivity index (χ3v) is 3.27. The maximum absolute atomic E-state index is 11.5. The number of methoxy groups -OCH3 is 1. The summed E-state index contributed by atoms with van der Waals surface area (Å²) >= 11 is 3.41. The molecule has 0 aliphatic rings. The molecule has 0 radical (unpaired) electrons. The summed E-state index contributed by atoms with van der Waals surface area (Å²) in [6.45, 7) is 1.97. The van der Waals surface area contributed by atoms with Crippen molar-refractivity contribution in [2.75, 3.05) is 18.2 Å². The molecule has 0 fully saturated rings. The summed E-state index contributed by atoms with van der Waals surface area (Å²) in [6.07, 6.45) is 0. The lowest BCUT2D eigenvalue weighted by Crippen LogP contribution is -2.08. The SMILES string of the molecule is COC(=O)c1ccc(N)c(Nc2cc(Br)ccc2C)n1. The number of esters is 1. The van der Waals surface area contributed by atoms with Crippen molar-refractivity contribution in [1.29, 1.82) is 0 Å². The number of hydrogen-bond donors (Lipinski definition) is 2. The van der Waals surface area contributed by atoms with Gasteiger partial charge in [0.1, 0.15) is 0 Å². The average molecular weight is 336 g/mol. The van der Waals surface area contributed by atoms with Gasteiger partial charge in [0.25, 0.3) is 0 Å². The van der Waals surface area contributed by atoms with Gasteiger partial charge in [-0.15, -0.1) is 0 Å². The molecule has 2 rings (SSSR count). The highest BCUT2D eigenvalue weighted by molar-refractivity contribution is 9.10. The number of nitrogen functional groups attached to an aromatic ring is 1. The number of aromatic nitrogens is 1. The number of nitrogens with zero attached hydrogens (tertiary/aromatic N) is 1. The van der Waals surface area contributed by atoms with Crippen molar-refractivity contribution in [3.05, 3.63) is 46.1 Å². The van der Waals surface area contributed by atoms with E-state index in [1.54, 1.807) is 6.07 Å². The topological polar surface area (TPSA) is 77.2 Å². The molecule has 104 valence electrons. The lowest BCUT2D eigenvalue weighted by atomic mass is 10.2. The van der Waals surface area contributed by atoms with E-state index in [0.717, 1.165) is 15.7 Å². The number of ether oxygens (including phenoxy) is 1. The molecule has 6 heteroatoms. The van der Waals surface area contributed by atoms with Crippen LogP contribution >= 0.6 is 15.9 Å². The highest BCUT2D eigenvalue weighted by Crippen LogP contribution is 2.26. The van der Waals surface area contributed by atoms with Crippen molar-refractivity contribution in [2.45, 2.75) is 6.92 Å². The number of hydrogen-bond acceptors (Lipinski definition) is 5. The molecule has 0 unspecified atom stereocenters. The highest BCUT2D eigenvalue weighted by atomic mass is 79.9. The normalized spacial score (nSPS) is 10.2. The summed E-state index contributed by atoms with van der Waals surface area (Å²) in [6, 6.07) is 8.98. The number of halogens is 1. The van der Waals surface area contributed by atoms with Crippen LogP contribution in [0.2, 0.25) is 0 Å². The number of nitrogens with two attached hydrogens (primary N) is 1. The van der Waals surface area contributed by atoms with E-state index in [9.17, 15) is 4.79 Å². The van der Waals surface area contributed by atoms with E-state index < -0.39 is 5.97 Å². The molecule has 0 aliphatic carbocycles. The maximum atomic E-state index is 11.5. The van der Waals surface area contributed by atoms with Crippen molar-refractivity contribution in [3.63, 3.8) is 0 Å². The number of benzene rings is 1. The van der Waals surface area contributed by atoms with Crippen LogP contribution in [0.25, 0.3) is 0 Å². The second-order valence-electron chi connectivity index (χ2n) is 4.21. The minimum Gasteiger partial charge on any atom is -0.464 e. The number of carbonyl (C=O) groups is 1. The highest BCUT2D eigenvalue weighted by Gasteiger charge is 2.11. The Morgan fingerprint density at radius 1 is 1.35 bits per heavy atom. The van der Waals surface area contributed by atoms with Crippen LogP contribution in [-0.4, -0.2) is 18.1 Å². The Kier molecular flexibility index (Phi) is 4.24. The van der Waals surface area contributed by atoms with E-state index in [-0.39, 0.29) is 5.69 Å². The largest absolute Gasteiger partial charge is 0.464 e. The van der Waals surface area contributed by atoms with Crippen molar-refractivity contribution in [2.24, 2.45) is 0 Å².